The van der Waals surface area contributed by atoms with Crippen molar-refractivity contribution in [2.45, 2.75) is 31.8 Å². The number of hydrogen-bond acceptors (Lipinski definition) is 5. The van der Waals surface area contributed by atoms with Crippen LogP contribution in [0.5, 0.6) is 0 Å². The highest BCUT2D eigenvalue weighted by atomic mass is 16.5. The molecule has 8 nitrogen and oxygen atoms in total. The maximum absolute atomic E-state index is 12.8. The molecule has 2 aromatic heterocycles. The highest BCUT2D eigenvalue weighted by molar-refractivity contribution is 5.83. The molecule has 0 bridgehead atoms. The Morgan fingerprint density at radius 1 is 1.50 bits per heavy atom. The molecule has 1 saturated heterocycles. The number of H-pyrrole nitrogens is 1. The standard InChI is InChI=1S/C16H22N6O2/c1-3-14-18-15(20-19-14)13-9-22(4-5-24-13)16(23)12-6-11(12)10-7-17-21(2)8-10/h7-8,11-13H,3-6,9H2,1-2H3,(H,18,19,20)/t11-,12-,13+/m1/s1. The first-order valence-corrected chi connectivity index (χ1v) is 8.45. The Balaban J connectivity index is 1.40. The molecule has 2 aromatic rings. The van der Waals surface area contributed by atoms with Gasteiger partial charge in [-0.3, -0.25) is 14.6 Å². The van der Waals surface area contributed by atoms with Crippen molar-refractivity contribution in [2.75, 3.05) is 19.7 Å². The average Bonchev–Trinajstić information content (AvgIpc) is 3.04. The van der Waals surface area contributed by atoms with Crippen LogP contribution < -0.4 is 0 Å². The number of amides is 1. The third-order valence-corrected chi connectivity index (χ3v) is 4.81. The number of nitrogens with zero attached hydrogens (tertiary/aromatic N) is 5. The van der Waals surface area contributed by atoms with Crippen LogP contribution in [-0.2, 0) is 23.0 Å². The molecule has 8 heteroatoms. The Morgan fingerprint density at radius 3 is 3.08 bits per heavy atom. The van der Waals surface area contributed by atoms with Crippen molar-refractivity contribution < 1.29 is 9.53 Å². The summed E-state index contributed by atoms with van der Waals surface area (Å²) in [4.78, 5) is 19.1. The maximum atomic E-state index is 12.8. The van der Waals surface area contributed by atoms with E-state index in [0.29, 0.717) is 31.4 Å². The fraction of sp³-hybridized carbons (Fsp3) is 0.625. The summed E-state index contributed by atoms with van der Waals surface area (Å²) in [5, 5.41) is 11.3. The van der Waals surface area contributed by atoms with Crippen molar-refractivity contribution in [3.8, 4) is 0 Å². The lowest BCUT2D eigenvalue weighted by Crippen LogP contribution is -2.43. The van der Waals surface area contributed by atoms with E-state index in [9.17, 15) is 4.79 Å². The fourth-order valence-corrected chi connectivity index (χ4v) is 3.32. The molecule has 24 heavy (non-hydrogen) atoms. The van der Waals surface area contributed by atoms with Crippen molar-refractivity contribution in [2.24, 2.45) is 13.0 Å². The van der Waals surface area contributed by atoms with E-state index in [1.807, 2.05) is 31.3 Å². The molecule has 3 heterocycles. The Kier molecular flexibility index (Phi) is 3.84. The molecule has 128 valence electrons. The molecule has 3 atom stereocenters. The van der Waals surface area contributed by atoms with Gasteiger partial charge in [0.05, 0.1) is 19.3 Å². The summed E-state index contributed by atoms with van der Waals surface area (Å²) in [5.74, 6) is 2.08. The average molecular weight is 330 g/mol. The number of rotatable bonds is 4. The molecule has 4 rings (SSSR count). The van der Waals surface area contributed by atoms with Crippen LogP contribution >= 0.6 is 0 Å². The summed E-state index contributed by atoms with van der Waals surface area (Å²) in [6.45, 7) is 3.71. The van der Waals surface area contributed by atoms with Crippen molar-refractivity contribution in [3.63, 3.8) is 0 Å². The van der Waals surface area contributed by atoms with E-state index >= 15 is 0 Å². The van der Waals surface area contributed by atoms with E-state index < -0.39 is 0 Å². The minimum atomic E-state index is -0.241. The molecule has 1 saturated carbocycles. The van der Waals surface area contributed by atoms with Gasteiger partial charge in [0.25, 0.3) is 0 Å². The zero-order chi connectivity index (χ0) is 16.7. The van der Waals surface area contributed by atoms with Crippen molar-refractivity contribution in [1.29, 1.82) is 0 Å². The maximum Gasteiger partial charge on any atom is 0.226 e. The molecule has 1 N–H and O–H groups in total. The second-order valence-corrected chi connectivity index (χ2v) is 6.53. The van der Waals surface area contributed by atoms with Crippen LogP contribution in [0.25, 0.3) is 0 Å². The molecule has 1 aliphatic heterocycles. The summed E-state index contributed by atoms with van der Waals surface area (Å²) in [7, 11) is 1.90. The van der Waals surface area contributed by atoms with Gasteiger partial charge in [0.1, 0.15) is 11.9 Å². The van der Waals surface area contributed by atoms with Gasteiger partial charge in [0, 0.05) is 32.1 Å². The van der Waals surface area contributed by atoms with Gasteiger partial charge in [0.15, 0.2) is 5.82 Å². The summed E-state index contributed by atoms with van der Waals surface area (Å²) in [6.07, 6.45) is 5.33. The quantitative estimate of drug-likeness (QED) is 0.896. The molecule has 0 aromatic carbocycles. The zero-order valence-electron chi connectivity index (χ0n) is 14.0. The number of hydrogen-bond donors (Lipinski definition) is 1. The summed E-state index contributed by atoms with van der Waals surface area (Å²) in [6, 6.07) is 0. The van der Waals surface area contributed by atoms with E-state index in [0.717, 1.165) is 24.2 Å². The predicted octanol–water partition coefficient (Wildman–Crippen LogP) is 0.804. The number of aromatic amines is 1. The van der Waals surface area contributed by atoms with Gasteiger partial charge >= 0.3 is 0 Å². The molecule has 0 spiro atoms. The van der Waals surface area contributed by atoms with E-state index in [2.05, 4.69) is 20.3 Å². The second kappa shape index (κ2) is 6.01. The number of aromatic nitrogens is 5. The third kappa shape index (κ3) is 2.82. The summed E-state index contributed by atoms with van der Waals surface area (Å²) < 4.78 is 7.55. The van der Waals surface area contributed by atoms with E-state index in [1.165, 1.54) is 0 Å². The fourth-order valence-electron chi connectivity index (χ4n) is 3.32. The first-order chi connectivity index (χ1) is 11.7. The lowest BCUT2D eigenvalue weighted by atomic mass is 10.1. The highest BCUT2D eigenvalue weighted by Gasteiger charge is 2.47. The van der Waals surface area contributed by atoms with E-state index in [-0.39, 0.29) is 17.9 Å². The smallest absolute Gasteiger partial charge is 0.226 e. The molecule has 0 unspecified atom stereocenters. The number of carbonyl (C=O) groups is 1. The molecular weight excluding hydrogens is 308 g/mol. The number of nitrogens with one attached hydrogen (secondary N) is 1. The van der Waals surface area contributed by atoms with Crippen molar-refractivity contribution in [1.82, 2.24) is 29.9 Å². The third-order valence-electron chi connectivity index (χ3n) is 4.81. The Bertz CT molecular complexity index is 739. The number of carbonyl (C=O) groups excluding carboxylic acids is 1. The molecule has 0 radical (unpaired) electrons. The van der Waals surface area contributed by atoms with Crippen LogP contribution in [0, 0.1) is 5.92 Å². The Hall–Kier alpha value is -2.22. The molecule has 2 aliphatic rings. The van der Waals surface area contributed by atoms with E-state index in [1.54, 1.807) is 4.68 Å². The Labute approximate surface area is 140 Å². The largest absolute Gasteiger partial charge is 0.366 e. The lowest BCUT2D eigenvalue weighted by molar-refractivity contribution is -0.140. The monoisotopic (exact) mass is 330 g/mol. The van der Waals surface area contributed by atoms with Crippen molar-refractivity contribution in [3.05, 3.63) is 29.6 Å². The topological polar surface area (TPSA) is 88.9 Å². The zero-order valence-corrected chi connectivity index (χ0v) is 14.0. The highest BCUT2D eigenvalue weighted by Crippen LogP contribution is 2.48. The first-order valence-electron chi connectivity index (χ1n) is 8.45. The van der Waals surface area contributed by atoms with Gasteiger partial charge in [-0.2, -0.15) is 10.2 Å². The van der Waals surface area contributed by atoms with Gasteiger partial charge in [-0.05, 0) is 17.9 Å². The SMILES string of the molecule is CCc1nc([C@@H]2CN(C(=O)[C@@H]3C[C@@H]3c3cnn(C)c3)CCO2)n[nH]1. The van der Waals surface area contributed by atoms with Crippen LogP contribution in [-0.4, -0.2) is 55.5 Å². The van der Waals surface area contributed by atoms with Gasteiger partial charge < -0.3 is 9.64 Å². The van der Waals surface area contributed by atoms with E-state index in [4.69, 9.17) is 4.74 Å². The molecular formula is C16H22N6O2. The van der Waals surface area contributed by atoms with Crippen LogP contribution in [0.4, 0.5) is 0 Å². The minimum Gasteiger partial charge on any atom is -0.366 e. The van der Waals surface area contributed by atoms with Crippen LogP contribution in [0.2, 0.25) is 0 Å². The van der Waals surface area contributed by atoms with Gasteiger partial charge in [-0.15, -0.1) is 0 Å². The summed E-state index contributed by atoms with van der Waals surface area (Å²) in [5.41, 5.74) is 1.15. The van der Waals surface area contributed by atoms with Gasteiger partial charge in [-0.25, -0.2) is 4.98 Å². The number of aryl methyl sites for hydroxylation is 2. The van der Waals surface area contributed by atoms with Crippen LogP contribution in [0.1, 0.15) is 42.6 Å². The Morgan fingerprint density at radius 2 is 2.38 bits per heavy atom. The molecule has 1 amide bonds. The molecule has 1 aliphatic carbocycles. The van der Waals surface area contributed by atoms with Gasteiger partial charge in [0.2, 0.25) is 5.91 Å². The number of ether oxygens (including phenoxy) is 1. The van der Waals surface area contributed by atoms with Crippen molar-refractivity contribution >= 4 is 5.91 Å². The lowest BCUT2D eigenvalue weighted by Gasteiger charge is -2.31. The first kappa shape index (κ1) is 15.3. The van der Waals surface area contributed by atoms with Crippen LogP contribution in [0.3, 0.4) is 0 Å². The second-order valence-electron chi connectivity index (χ2n) is 6.53. The van der Waals surface area contributed by atoms with Crippen LogP contribution in [0.15, 0.2) is 12.4 Å². The van der Waals surface area contributed by atoms with Gasteiger partial charge in [-0.1, -0.05) is 6.92 Å². The predicted molar refractivity (Wildman–Crippen MR) is 85.1 cm³/mol. The minimum absolute atomic E-state index is 0.0753. The normalized spacial score (nSPS) is 26.6. The summed E-state index contributed by atoms with van der Waals surface area (Å²) >= 11 is 0. The number of morpholine rings is 1. The molecule has 2 fully saturated rings.